The van der Waals surface area contributed by atoms with Crippen molar-refractivity contribution in [3.63, 3.8) is 0 Å². The lowest BCUT2D eigenvalue weighted by Crippen LogP contribution is -1.97. The van der Waals surface area contributed by atoms with Crippen LogP contribution in [0, 0.1) is 5.82 Å². The summed E-state index contributed by atoms with van der Waals surface area (Å²) in [6, 6.07) is 8.49. The Morgan fingerprint density at radius 1 is 1.29 bits per heavy atom. The van der Waals surface area contributed by atoms with E-state index >= 15 is 0 Å². The van der Waals surface area contributed by atoms with Crippen LogP contribution in [0.3, 0.4) is 0 Å². The minimum atomic E-state index is -0.206. The van der Waals surface area contributed by atoms with Crippen LogP contribution in [0.1, 0.15) is 5.82 Å². The fraction of sp³-hybridized carbons (Fsp3) is 0.167. The third kappa shape index (κ3) is 3.17. The Kier molecular flexibility index (Phi) is 3.93. The van der Waals surface area contributed by atoms with Gasteiger partial charge in [0.15, 0.2) is 0 Å². The molecule has 0 unspecified atom stereocenters. The molecule has 0 atom stereocenters. The highest BCUT2D eigenvalue weighted by atomic mass is 32.2. The van der Waals surface area contributed by atoms with Crippen molar-refractivity contribution in [2.75, 3.05) is 12.4 Å². The van der Waals surface area contributed by atoms with Crippen LogP contribution in [0.25, 0.3) is 0 Å². The van der Waals surface area contributed by atoms with Gasteiger partial charge in [0, 0.05) is 18.1 Å². The lowest BCUT2D eigenvalue weighted by Gasteiger charge is -2.03. The fourth-order valence-electron chi connectivity index (χ4n) is 1.31. The molecule has 0 aliphatic carbocycles. The maximum Gasteiger partial charge on any atom is 0.140 e. The van der Waals surface area contributed by atoms with E-state index in [4.69, 9.17) is 0 Å². The number of benzene rings is 1. The molecule has 5 heteroatoms. The molecule has 0 aliphatic rings. The standard InChI is InChI=1S/C12H12FN3S/c1-14-11-6-7-15-12(16-11)8-17-10-5-3-2-4-9(10)13/h2-7H,8H2,1H3,(H,14,15,16). The summed E-state index contributed by atoms with van der Waals surface area (Å²) >= 11 is 1.39. The predicted octanol–water partition coefficient (Wildman–Crippen LogP) is 2.95. The first-order valence-corrected chi connectivity index (χ1v) is 6.15. The molecule has 1 aromatic heterocycles. The Morgan fingerprint density at radius 3 is 2.88 bits per heavy atom. The monoisotopic (exact) mass is 249 g/mol. The van der Waals surface area contributed by atoms with Crippen LogP contribution in [-0.4, -0.2) is 17.0 Å². The summed E-state index contributed by atoms with van der Waals surface area (Å²) in [7, 11) is 1.80. The van der Waals surface area contributed by atoms with Crippen molar-refractivity contribution in [2.24, 2.45) is 0 Å². The first-order chi connectivity index (χ1) is 8.29. The largest absolute Gasteiger partial charge is 0.373 e. The normalized spacial score (nSPS) is 10.2. The van der Waals surface area contributed by atoms with Gasteiger partial charge in [-0.05, 0) is 18.2 Å². The number of hydrogen-bond donors (Lipinski definition) is 1. The highest BCUT2D eigenvalue weighted by molar-refractivity contribution is 7.98. The topological polar surface area (TPSA) is 37.8 Å². The van der Waals surface area contributed by atoms with Gasteiger partial charge in [-0.3, -0.25) is 0 Å². The van der Waals surface area contributed by atoms with Gasteiger partial charge in [-0.25, -0.2) is 14.4 Å². The van der Waals surface area contributed by atoms with E-state index in [1.54, 1.807) is 31.4 Å². The molecule has 17 heavy (non-hydrogen) atoms. The maximum absolute atomic E-state index is 13.4. The molecule has 88 valence electrons. The van der Waals surface area contributed by atoms with Gasteiger partial charge in [0.1, 0.15) is 17.5 Å². The lowest BCUT2D eigenvalue weighted by atomic mass is 10.3. The van der Waals surface area contributed by atoms with Crippen LogP contribution in [0.15, 0.2) is 41.4 Å². The molecule has 0 saturated carbocycles. The van der Waals surface area contributed by atoms with Crippen LogP contribution in [0.4, 0.5) is 10.2 Å². The molecule has 0 aliphatic heterocycles. The number of nitrogens with zero attached hydrogens (tertiary/aromatic N) is 2. The third-order valence-electron chi connectivity index (χ3n) is 2.16. The van der Waals surface area contributed by atoms with Crippen molar-refractivity contribution < 1.29 is 4.39 Å². The summed E-state index contributed by atoms with van der Waals surface area (Å²) in [5.74, 6) is 1.80. The Balaban J connectivity index is 2.05. The second-order valence-electron chi connectivity index (χ2n) is 3.33. The van der Waals surface area contributed by atoms with Crippen molar-refractivity contribution >= 4 is 17.6 Å². The van der Waals surface area contributed by atoms with Crippen LogP contribution in [0.5, 0.6) is 0 Å². The Hall–Kier alpha value is -1.62. The Bertz CT molecular complexity index is 505. The molecule has 0 amide bonds. The van der Waals surface area contributed by atoms with Crippen molar-refractivity contribution in [3.8, 4) is 0 Å². The average molecular weight is 249 g/mol. The van der Waals surface area contributed by atoms with Crippen LogP contribution >= 0.6 is 11.8 Å². The molecule has 1 aromatic carbocycles. The highest BCUT2D eigenvalue weighted by Gasteiger charge is 2.03. The molecule has 3 nitrogen and oxygen atoms in total. The van der Waals surface area contributed by atoms with E-state index in [1.807, 2.05) is 6.07 Å². The number of rotatable bonds is 4. The molecule has 2 aromatic rings. The van der Waals surface area contributed by atoms with E-state index in [1.165, 1.54) is 17.8 Å². The summed E-state index contributed by atoms with van der Waals surface area (Å²) in [6.07, 6.45) is 1.69. The minimum Gasteiger partial charge on any atom is -0.373 e. The van der Waals surface area contributed by atoms with Crippen molar-refractivity contribution in [3.05, 3.63) is 48.2 Å². The van der Waals surface area contributed by atoms with Gasteiger partial charge in [0.2, 0.25) is 0 Å². The molecule has 0 radical (unpaired) electrons. The molecule has 1 heterocycles. The highest BCUT2D eigenvalue weighted by Crippen LogP contribution is 2.24. The van der Waals surface area contributed by atoms with E-state index in [0.29, 0.717) is 16.5 Å². The summed E-state index contributed by atoms with van der Waals surface area (Å²) in [4.78, 5) is 9.02. The molecule has 1 N–H and O–H groups in total. The van der Waals surface area contributed by atoms with Crippen molar-refractivity contribution in [1.82, 2.24) is 9.97 Å². The van der Waals surface area contributed by atoms with Gasteiger partial charge < -0.3 is 5.32 Å². The Labute approximate surface area is 103 Å². The molecule has 0 spiro atoms. The van der Waals surface area contributed by atoms with Crippen LogP contribution in [0.2, 0.25) is 0 Å². The van der Waals surface area contributed by atoms with Gasteiger partial charge in [-0.2, -0.15) is 0 Å². The molecular formula is C12H12FN3S. The van der Waals surface area contributed by atoms with Gasteiger partial charge in [-0.1, -0.05) is 12.1 Å². The summed E-state index contributed by atoms with van der Waals surface area (Å²) in [5.41, 5.74) is 0. The molecular weight excluding hydrogens is 237 g/mol. The zero-order valence-corrected chi connectivity index (χ0v) is 10.2. The van der Waals surface area contributed by atoms with Gasteiger partial charge in [0.05, 0.1) is 5.75 Å². The lowest BCUT2D eigenvalue weighted by molar-refractivity contribution is 0.602. The minimum absolute atomic E-state index is 0.206. The third-order valence-corrected chi connectivity index (χ3v) is 3.20. The SMILES string of the molecule is CNc1ccnc(CSc2ccccc2F)n1. The molecule has 0 bridgehead atoms. The van der Waals surface area contributed by atoms with Gasteiger partial charge in [0.25, 0.3) is 0 Å². The molecule has 0 saturated heterocycles. The van der Waals surface area contributed by atoms with E-state index < -0.39 is 0 Å². The quantitative estimate of drug-likeness (QED) is 0.845. The van der Waals surface area contributed by atoms with E-state index in [0.717, 1.165) is 5.82 Å². The predicted molar refractivity (Wildman–Crippen MR) is 67.5 cm³/mol. The zero-order valence-electron chi connectivity index (χ0n) is 9.35. The second kappa shape index (κ2) is 5.63. The molecule has 2 rings (SSSR count). The smallest absolute Gasteiger partial charge is 0.140 e. The number of aromatic nitrogens is 2. The summed E-state index contributed by atoms with van der Waals surface area (Å²) < 4.78 is 13.4. The van der Waals surface area contributed by atoms with Crippen molar-refractivity contribution in [1.29, 1.82) is 0 Å². The van der Waals surface area contributed by atoms with Gasteiger partial charge in [-0.15, -0.1) is 11.8 Å². The fourth-order valence-corrected chi connectivity index (χ4v) is 2.12. The first-order valence-electron chi connectivity index (χ1n) is 5.16. The van der Waals surface area contributed by atoms with Gasteiger partial charge >= 0.3 is 0 Å². The number of anilines is 1. The second-order valence-corrected chi connectivity index (χ2v) is 4.34. The summed E-state index contributed by atoms with van der Waals surface area (Å²) in [6.45, 7) is 0. The number of halogens is 1. The van der Waals surface area contributed by atoms with Crippen LogP contribution < -0.4 is 5.32 Å². The maximum atomic E-state index is 13.4. The molecule has 0 fully saturated rings. The Morgan fingerprint density at radius 2 is 2.12 bits per heavy atom. The summed E-state index contributed by atoms with van der Waals surface area (Å²) in [5, 5.41) is 2.94. The average Bonchev–Trinajstić information content (AvgIpc) is 2.38. The van der Waals surface area contributed by atoms with E-state index in [9.17, 15) is 4.39 Å². The van der Waals surface area contributed by atoms with Crippen LogP contribution in [-0.2, 0) is 5.75 Å². The number of nitrogens with one attached hydrogen (secondary N) is 1. The number of hydrogen-bond acceptors (Lipinski definition) is 4. The zero-order chi connectivity index (χ0) is 12.1. The van der Waals surface area contributed by atoms with E-state index in [2.05, 4.69) is 15.3 Å². The van der Waals surface area contributed by atoms with E-state index in [-0.39, 0.29) is 5.82 Å². The number of thioether (sulfide) groups is 1. The van der Waals surface area contributed by atoms with Crippen molar-refractivity contribution in [2.45, 2.75) is 10.6 Å². The first kappa shape index (κ1) is 11.9.